The number of aryl methyl sites for hydroxylation is 2. The molecule has 0 aliphatic heterocycles. The van der Waals surface area contributed by atoms with E-state index in [2.05, 4.69) is 6.92 Å². The zero-order valence-electron chi connectivity index (χ0n) is 13.7. The lowest BCUT2D eigenvalue weighted by Crippen LogP contribution is -2.20. The zero-order chi connectivity index (χ0) is 15.4. The summed E-state index contributed by atoms with van der Waals surface area (Å²) in [7, 11) is 0. The minimum atomic E-state index is -0.435. The fourth-order valence-electron chi connectivity index (χ4n) is 3.71. The van der Waals surface area contributed by atoms with Gasteiger partial charge >= 0.3 is 0 Å². The molecule has 0 saturated heterocycles. The Balaban J connectivity index is 1.97. The molecule has 1 aromatic rings. The lowest BCUT2D eigenvalue weighted by molar-refractivity contribution is 0.0718. The van der Waals surface area contributed by atoms with Gasteiger partial charge in [0.1, 0.15) is 5.82 Å². The molecule has 1 aliphatic rings. The van der Waals surface area contributed by atoms with Crippen molar-refractivity contribution in [3.63, 3.8) is 0 Å². The summed E-state index contributed by atoms with van der Waals surface area (Å²) in [6.07, 6.45) is 8.19. The van der Waals surface area contributed by atoms with Crippen LogP contribution in [0.4, 0.5) is 4.39 Å². The lowest BCUT2D eigenvalue weighted by atomic mass is 9.76. The third-order valence-corrected chi connectivity index (χ3v) is 5.10. The Morgan fingerprint density at radius 3 is 2.24 bits per heavy atom. The minimum Gasteiger partial charge on any atom is -0.388 e. The number of hydrogen-bond donors (Lipinski definition) is 1. The van der Waals surface area contributed by atoms with Gasteiger partial charge in [0.15, 0.2) is 0 Å². The molecule has 1 N–H and O–H groups in total. The maximum absolute atomic E-state index is 13.7. The van der Waals surface area contributed by atoms with Gasteiger partial charge in [-0.1, -0.05) is 51.2 Å². The van der Waals surface area contributed by atoms with Gasteiger partial charge in [0.25, 0.3) is 0 Å². The van der Waals surface area contributed by atoms with Crippen LogP contribution in [0.2, 0.25) is 0 Å². The third kappa shape index (κ3) is 4.06. The maximum Gasteiger partial charge on any atom is 0.129 e. The number of aliphatic hydroxyl groups excluding tert-OH is 1. The average molecular weight is 292 g/mol. The second-order valence-electron chi connectivity index (χ2n) is 6.84. The van der Waals surface area contributed by atoms with Crippen LogP contribution in [-0.4, -0.2) is 5.11 Å². The summed E-state index contributed by atoms with van der Waals surface area (Å²) >= 11 is 0. The largest absolute Gasteiger partial charge is 0.388 e. The predicted octanol–water partition coefficient (Wildman–Crippen LogP) is 5.47. The molecule has 1 nitrogen and oxygen atoms in total. The molecule has 118 valence electrons. The predicted molar refractivity (Wildman–Crippen MR) is 85.8 cm³/mol. The van der Waals surface area contributed by atoms with Crippen LogP contribution < -0.4 is 0 Å². The summed E-state index contributed by atoms with van der Waals surface area (Å²) in [6, 6.07) is 3.63. The molecular weight excluding hydrogens is 263 g/mol. The van der Waals surface area contributed by atoms with Crippen LogP contribution in [0.15, 0.2) is 12.1 Å². The van der Waals surface area contributed by atoms with E-state index in [0.717, 1.165) is 24.3 Å². The highest BCUT2D eigenvalue weighted by molar-refractivity contribution is 5.32. The first-order valence-electron chi connectivity index (χ1n) is 8.47. The van der Waals surface area contributed by atoms with E-state index < -0.39 is 6.10 Å². The molecule has 2 heteroatoms. The number of aliphatic hydroxyl groups is 1. The molecule has 0 radical (unpaired) electrons. The van der Waals surface area contributed by atoms with Crippen molar-refractivity contribution < 1.29 is 9.50 Å². The molecule has 0 bridgehead atoms. The second kappa shape index (κ2) is 7.40. The van der Waals surface area contributed by atoms with E-state index in [1.165, 1.54) is 32.1 Å². The van der Waals surface area contributed by atoms with Crippen molar-refractivity contribution in [3.8, 4) is 0 Å². The molecule has 21 heavy (non-hydrogen) atoms. The molecule has 1 atom stereocenters. The first-order chi connectivity index (χ1) is 10.0. The molecule has 1 aliphatic carbocycles. The van der Waals surface area contributed by atoms with Crippen molar-refractivity contribution >= 4 is 0 Å². The Morgan fingerprint density at radius 1 is 1.14 bits per heavy atom. The van der Waals surface area contributed by atoms with Crippen molar-refractivity contribution in [2.24, 2.45) is 11.8 Å². The van der Waals surface area contributed by atoms with Crippen molar-refractivity contribution in [1.82, 2.24) is 0 Å². The van der Waals surface area contributed by atoms with Gasteiger partial charge in [-0.3, -0.25) is 0 Å². The number of halogens is 1. The van der Waals surface area contributed by atoms with E-state index in [1.54, 1.807) is 13.8 Å². The monoisotopic (exact) mass is 292 g/mol. The van der Waals surface area contributed by atoms with Gasteiger partial charge in [0.05, 0.1) is 6.10 Å². The Morgan fingerprint density at radius 2 is 1.71 bits per heavy atom. The first kappa shape index (κ1) is 16.5. The second-order valence-corrected chi connectivity index (χ2v) is 6.84. The van der Waals surface area contributed by atoms with Crippen LogP contribution in [0, 0.1) is 31.5 Å². The molecule has 0 amide bonds. The molecule has 1 fully saturated rings. The van der Waals surface area contributed by atoms with Gasteiger partial charge in [0, 0.05) is 0 Å². The standard InChI is InChI=1S/C19H29FO/c1-4-5-6-15-7-9-16(10-8-15)19(21)17-11-13(2)18(20)14(3)12-17/h11-12,15-16,19,21H,4-10H2,1-3H3. The summed E-state index contributed by atoms with van der Waals surface area (Å²) in [6.45, 7) is 5.80. The lowest BCUT2D eigenvalue weighted by Gasteiger charge is -2.32. The molecule has 1 saturated carbocycles. The number of rotatable bonds is 5. The highest BCUT2D eigenvalue weighted by Crippen LogP contribution is 2.39. The molecule has 1 unspecified atom stereocenters. The highest BCUT2D eigenvalue weighted by Gasteiger charge is 2.27. The van der Waals surface area contributed by atoms with E-state index in [0.29, 0.717) is 17.0 Å². The van der Waals surface area contributed by atoms with E-state index in [4.69, 9.17) is 0 Å². The van der Waals surface area contributed by atoms with E-state index in [9.17, 15) is 9.50 Å². The van der Waals surface area contributed by atoms with Crippen molar-refractivity contribution in [3.05, 3.63) is 34.6 Å². The van der Waals surface area contributed by atoms with Crippen LogP contribution in [0.5, 0.6) is 0 Å². The van der Waals surface area contributed by atoms with Gasteiger partial charge in [0.2, 0.25) is 0 Å². The van der Waals surface area contributed by atoms with E-state index in [-0.39, 0.29) is 5.82 Å². The molecule has 2 rings (SSSR count). The van der Waals surface area contributed by atoms with Crippen LogP contribution in [0.25, 0.3) is 0 Å². The van der Waals surface area contributed by atoms with Gasteiger partial charge < -0.3 is 5.11 Å². The van der Waals surface area contributed by atoms with E-state index >= 15 is 0 Å². The highest BCUT2D eigenvalue weighted by atomic mass is 19.1. The summed E-state index contributed by atoms with van der Waals surface area (Å²) < 4.78 is 13.7. The van der Waals surface area contributed by atoms with Gasteiger partial charge in [-0.15, -0.1) is 0 Å². The third-order valence-electron chi connectivity index (χ3n) is 5.10. The summed E-state index contributed by atoms with van der Waals surface area (Å²) in [5.41, 5.74) is 2.17. The normalized spacial score (nSPS) is 24.0. The minimum absolute atomic E-state index is 0.144. The van der Waals surface area contributed by atoms with Crippen LogP contribution in [0.1, 0.15) is 74.7 Å². The van der Waals surface area contributed by atoms with Crippen molar-refractivity contribution in [1.29, 1.82) is 0 Å². The molecule has 1 aromatic carbocycles. The van der Waals surface area contributed by atoms with E-state index in [1.807, 2.05) is 12.1 Å². The first-order valence-corrected chi connectivity index (χ1v) is 8.47. The van der Waals surface area contributed by atoms with Crippen molar-refractivity contribution in [2.75, 3.05) is 0 Å². The van der Waals surface area contributed by atoms with Crippen molar-refractivity contribution in [2.45, 2.75) is 71.8 Å². The Labute approximate surface area is 128 Å². The Hall–Kier alpha value is -0.890. The van der Waals surface area contributed by atoms with Crippen LogP contribution in [-0.2, 0) is 0 Å². The Kier molecular flexibility index (Phi) is 5.80. The molecule has 0 heterocycles. The molecular formula is C19H29FO. The fraction of sp³-hybridized carbons (Fsp3) is 0.684. The summed E-state index contributed by atoms with van der Waals surface area (Å²) in [4.78, 5) is 0. The quantitative estimate of drug-likeness (QED) is 0.762. The fourth-order valence-corrected chi connectivity index (χ4v) is 3.71. The van der Waals surface area contributed by atoms with Gasteiger partial charge in [-0.2, -0.15) is 0 Å². The summed E-state index contributed by atoms with van der Waals surface area (Å²) in [5, 5.41) is 10.6. The molecule has 0 aromatic heterocycles. The van der Waals surface area contributed by atoms with Crippen LogP contribution >= 0.6 is 0 Å². The Bertz CT molecular complexity index is 438. The topological polar surface area (TPSA) is 20.2 Å². The van der Waals surface area contributed by atoms with Gasteiger partial charge in [-0.05, 0) is 55.2 Å². The maximum atomic E-state index is 13.7. The average Bonchev–Trinajstić information content (AvgIpc) is 2.50. The molecule has 0 spiro atoms. The number of hydrogen-bond acceptors (Lipinski definition) is 1. The number of unbranched alkanes of at least 4 members (excludes halogenated alkanes) is 1. The van der Waals surface area contributed by atoms with Gasteiger partial charge in [-0.25, -0.2) is 4.39 Å². The SMILES string of the molecule is CCCCC1CCC(C(O)c2cc(C)c(F)c(C)c2)CC1. The smallest absolute Gasteiger partial charge is 0.129 e. The summed E-state index contributed by atoms with van der Waals surface area (Å²) in [5.74, 6) is 1.05. The zero-order valence-corrected chi connectivity index (χ0v) is 13.7. The number of benzene rings is 1. The van der Waals surface area contributed by atoms with Crippen LogP contribution in [0.3, 0.4) is 0 Å².